The fraction of sp³-hybridized carbons (Fsp3) is 0.562. The van der Waals surface area contributed by atoms with E-state index in [2.05, 4.69) is 10.0 Å². The van der Waals surface area contributed by atoms with Gasteiger partial charge in [0.2, 0.25) is 26.0 Å². The summed E-state index contributed by atoms with van der Waals surface area (Å²) in [5, 5.41) is 3.15. The summed E-state index contributed by atoms with van der Waals surface area (Å²) >= 11 is 5.75. The molecule has 1 amide bonds. The lowest BCUT2D eigenvalue weighted by atomic mass is 9.98. The van der Waals surface area contributed by atoms with Gasteiger partial charge in [-0.05, 0) is 49.9 Å². The maximum absolute atomic E-state index is 12.3. The molecule has 2 rings (SSSR count). The van der Waals surface area contributed by atoms with E-state index >= 15 is 0 Å². The number of hydrogen-bond donors (Lipinski definition) is 2. The molecule has 1 aromatic rings. The number of nitrogens with one attached hydrogen (secondary N) is 2. The zero-order chi connectivity index (χ0) is 20.2. The molecule has 1 aliphatic rings. The van der Waals surface area contributed by atoms with Crippen molar-refractivity contribution in [2.45, 2.75) is 30.7 Å². The van der Waals surface area contributed by atoms with E-state index in [0.717, 1.165) is 0 Å². The van der Waals surface area contributed by atoms with Crippen LogP contribution in [0.2, 0.25) is 5.02 Å². The van der Waals surface area contributed by atoms with Crippen LogP contribution in [0, 0.1) is 5.92 Å². The molecule has 1 atom stereocenters. The quantitative estimate of drug-likeness (QED) is 0.655. The Labute approximate surface area is 165 Å². The van der Waals surface area contributed by atoms with Crippen LogP contribution in [0.3, 0.4) is 0 Å². The number of benzene rings is 1. The number of carbonyl (C=O) groups is 1. The average Bonchev–Trinajstić information content (AvgIpc) is 2.59. The van der Waals surface area contributed by atoms with Gasteiger partial charge in [-0.1, -0.05) is 11.6 Å². The Hall–Kier alpha value is -1.20. The molecule has 0 unspecified atom stereocenters. The minimum atomic E-state index is -3.83. The highest BCUT2D eigenvalue weighted by atomic mass is 35.5. The van der Waals surface area contributed by atoms with Crippen LogP contribution in [0.25, 0.3) is 0 Å². The zero-order valence-electron chi connectivity index (χ0n) is 15.2. The number of rotatable bonds is 7. The van der Waals surface area contributed by atoms with E-state index in [1.165, 1.54) is 41.8 Å². The maximum atomic E-state index is 12.3. The van der Waals surface area contributed by atoms with Gasteiger partial charge in [0, 0.05) is 24.7 Å². The van der Waals surface area contributed by atoms with E-state index in [1.807, 2.05) is 0 Å². The lowest BCUT2D eigenvalue weighted by molar-refractivity contribution is -0.122. The molecule has 2 N–H and O–H groups in total. The molecule has 1 saturated heterocycles. The van der Waals surface area contributed by atoms with Crippen LogP contribution in [0.5, 0.6) is 0 Å². The molecule has 0 bridgehead atoms. The fourth-order valence-electron chi connectivity index (χ4n) is 2.81. The number of piperidine rings is 1. The number of carbonyl (C=O) groups excluding carboxylic acids is 1. The third-order valence-corrected chi connectivity index (χ3v) is 7.57. The second-order valence-corrected chi connectivity index (χ2v) is 10.8. The van der Waals surface area contributed by atoms with E-state index in [4.69, 9.17) is 11.6 Å². The molecular weight excluding hydrogens is 414 g/mol. The summed E-state index contributed by atoms with van der Waals surface area (Å²) in [6.07, 6.45) is 2.49. The minimum absolute atomic E-state index is 0.0275. The average molecular weight is 438 g/mol. The predicted octanol–water partition coefficient (Wildman–Crippen LogP) is 0.795. The van der Waals surface area contributed by atoms with Crippen molar-refractivity contribution < 1.29 is 21.6 Å². The molecule has 1 aromatic carbocycles. The van der Waals surface area contributed by atoms with Crippen molar-refractivity contribution in [3.8, 4) is 0 Å². The summed E-state index contributed by atoms with van der Waals surface area (Å²) in [6.45, 7) is 2.70. The molecule has 0 radical (unpaired) electrons. The second-order valence-electron chi connectivity index (χ2n) is 6.65. The first-order chi connectivity index (χ1) is 12.5. The highest BCUT2D eigenvalue weighted by molar-refractivity contribution is 7.89. The van der Waals surface area contributed by atoms with Gasteiger partial charge in [0.15, 0.2) is 0 Å². The van der Waals surface area contributed by atoms with Crippen LogP contribution in [-0.2, 0) is 24.8 Å². The van der Waals surface area contributed by atoms with Gasteiger partial charge in [0.1, 0.15) is 0 Å². The Morgan fingerprint density at radius 2 is 1.74 bits per heavy atom. The first kappa shape index (κ1) is 22.1. The van der Waals surface area contributed by atoms with Crippen molar-refractivity contribution in [3.63, 3.8) is 0 Å². The van der Waals surface area contributed by atoms with E-state index in [9.17, 15) is 21.6 Å². The largest absolute Gasteiger partial charge is 0.354 e. The van der Waals surface area contributed by atoms with Gasteiger partial charge in [0.25, 0.3) is 0 Å². The maximum Gasteiger partial charge on any atom is 0.241 e. The molecule has 27 heavy (non-hydrogen) atoms. The molecule has 8 nitrogen and oxygen atoms in total. The topological polar surface area (TPSA) is 113 Å². The first-order valence-corrected chi connectivity index (χ1v) is 12.2. The smallest absolute Gasteiger partial charge is 0.241 e. The normalized spacial score (nSPS) is 18.2. The molecule has 0 saturated carbocycles. The lowest BCUT2D eigenvalue weighted by Crippen LogP contribution is -2.47. The fourth-order valence-corrected chi connectivity index (χ4v) is 5.01. The first-order valence-electron chi connectivity index (χ1n) is 8.50. The molecule has 1 aliphatic heterocycles. The van der Waals surface area contributed by atoms with Gasteiger partial charge < -0.3 is 5.32 Å². The molecule has 0 spiro atoms. The Bertz CT molecular complexity index is 864. The van der Waals surface area contributed by atoms with E-state index in [-0.39, 0.29) is 10.8 Å². The summed E-state index contributed by atoms with van der Waals surface area (Å²) in [4.78, 5) is 12.2. The number of sulfonamides is 2. The number of nitrogens with zero attached hydrogens (tertiary/aromatic N) is 1. The van der Waals surface area contributed by atoms with Crippen LogP contribution < -0.4 is 10.0 Å². The SMILES string of the molecule is C[C@H](NS(=O)(=O)c1ccc(Cl)cc1)C(=O)NCC1CCN(S(C)(=O)=O)CC1. The van der Waals surface area contributed by atoms with Crippen LogP contribution >= 0.6 is 11.6 Å². The van der Waals surface area contributed by atoms with Crippen molar-refractivity contribution >= 4 is 37.6 Å². The van der Waals surface area contributed by atoms with Gasteiger partial charge in [0.05, 0.1) is 17.2 Å². The van der Waals surface area contributed by atoms with Crippen LogP contribution in [0.1, 0.15) is 19.8 Å². The summed E-state index contributed by atoms with van der Waals surface area (Å²) < 4.78 is 51.4. The van der Waals surface area contributed by atoms with Gasteiger partial charge >= 0.3 is 0 Å². The van der Waals surface area contributed by atoms with Crippen molar-refractivity contribution in [2.75, 3.05) is 25.9 Å². The van der Waals surface area contributed by atoms with Crippen molar-refractivity contribution in [2.24, 2.45) is 5.92 Å². The molecule has 11 heteroatoms. The number of halogens is 1. The Balaban J connectivity index is 1.83. The van der Waals surface area contributed by atoms with Gasteiger partial charge in [-0.3, -0.25) is 4.79 Å². The molecule has 0 aliphatic carbocycles. The molecule has 1 fully saturated rings. The monoisotopic (exact) mass is 437 g/mol. The molecule has 1 heterocycles. The predicted molar refractivity (Wildman–Crippen MR) is 103 cm³/mol. The van der Waals surface area contributed by atoms with Crippen LogP contribution in [-0.4, -0.2) is 59.0 Å². The Morgan fingerprint density at radius 1 is 1.19 bits per heavy atom. The van der Waals surface area contributed by atoms with Crippen molar-refractivity contribution in [3.05, 3.63) is 29.3 Å². The van der Waals surface area contributed by atoms with Crippen molar-refractivity contribution in [1.29, 1.82) is 0 Å². The summed E-state index contributed by atoms with van der Waals surface area (Å²) in [7, 11) is -7.01. The summed E-state index contributed by atoms with van der Waals surface area (Å²) in [6, 6.07) is 4.71. The van der Waals surface area contributed by atoms with Crippen LogP contribution in [0.4, 0.5) is 0 Å². The van der Waals surface area contributed by atoms with Crippen molar-refractivity contribution in [1.82, 2.24) is 14.3 Å². The van der Waals surface area contributed by atoms with E-state index in [1.54, 1.807) is 0 Å². The van der Waals surface area contributed by atoms with Gasteiger partial charge in [-0.15, -0.1) is 0 Å². The number of hydrogen-bond acceptors (Lipinski definition) is 5. The van der Waals surface area contributed by atoms with Gasteiger partial charge in [-0.2, -0.15) is 4.72 Å². The highest BCUT2D eigenvalue weighted by Gasteiger charge is 2.26. The standard InChI is InChI=1S/C16H24ClN3O5S2/c1-12(19-27(24,25)15-5-3-14(17)4-6-15)16(21)18-11-13-7-9-20(10-8-13)26(2,22)23/h3-6,12-13,19H,7-11H2,1-2H3,(H,18,21)/t12-/m0/s1. The van der Waals surface area contributed by atoms with E-state index in [0.29, 0.717) is 37.5 Å². The summed E-state index contributed by atoms with van der Waals surface area (Å²) in [5.41, 5.74) is 0. The molecule has 152 valence electrons. The molecule has 0 aromatic heterocycles. The van der Waals surface area contributed by atoms with E-state index < -0.39 is 32.0 Å². The minimum Gasteiger partial charge on any atom is -0.354 e. The highest BCUT2D eigenvalue weighted by Crippen LogP contribution is 2.18. The lowest BCUT2D eigenvalue weighted by Gasteiger charge is -2.30. The zero-order valence-corrected chi connectivity index (χ0v) is 17.6. The number of amides is 1. The third kappa shape index (κ3) is 6.42. The second kappa shape index (κ2) is 8.87. The third-order valence-electron chi connectivity index (χ3n) is 4.46. The molecular formula is C16H24ClN3O5S2. The van der Waals surface area contributed by atoms with Gasteiger partial charge in [-0.25, -0.2) is 21.1 Å². The Morgan fingerprint density at radius 3 is 2.26 bits per heavy atom. The Kier molecular flexibility index (Phi) is 7.26. The van der Waals surface area contributed by atoms with Crippen LogP contribution in [0.15, 0.2) is 29.2 Å². The summed E-state index contributed by atoms with van der Waals surface area (Å²) in [5.74, 6) is -0.273.